The molecule has 0 aliphatic rings. The maximum atomic E-state index is 14.6. The number of benzene rings is 3. The lowest BCUT2D eigenvalue weighted by molar-refractivity contribution is -0.646. The Balaban J connectivity index is 2.06. The minimum absolute atomic E-state index is 0.258. The van der Waals surface area contributed by atoms with Crippen molar-refractivity contribution in [1.29, 1.82) is 0 Å². The molecule has 3 heterocycles. The largest absolute Gasteiger partial charge is 0.307 e. The third kappa shape index (κ3) is 2.01. The quantitative estimate of drug-likeness (QED) is 0.201. The van der Waals surface area contributed by atoms with Gasteiger partial charge in [0, 0.05) is 22.2 Å². The zero-order valence-electron chi connectivity index (χ0n) is 16.9. The number of hydrogen-bond donors (Lipinski definition) is 0. The standard InChI is InChI=1S/C25H21FN3/c1-13(2)15-6-8-17-18-7-5-14(3)22-24(18)29(20(17)9-15)21-11-16(26)10-19-23(21)25(22)28(4)12-27-19/h5-13H,1-4H3/q+1. The molecule has 0 fully saturated rings. The predicted octanol–water partition coefficient (Wildman–Crippen LogP) is 5.78. The first kappa shape index (κ1) is 16.7. The first-order valence-corrected chi connectivity index (χ1v) is 10.0. The molecule has 6 rings (SSSR count). The summed E-state index contributed by atoms with van der Waals surface area (Å²) in [7, 11) is 2.02. The molecule has 3 nitrogen and oxygen atoms in total. The summed E-state index contributed by atoms with van der Waals surface area (Å²) in [4.78, 5) is 4.53. The van der Waals surface area contributed by atoms with Crippen LogP contribution in [0.5, 0.6) is 0 Å². The summed E-state index contributed by atoms with van der Waals surface area (Å²) in [5, 5.41) is 4.62. The molecule has 0 unspecified atom stereocenters. The van der Waals surface area contributed by atoms with Crippen molar-refractivity contribution >= 4 is 49.1 Å². The van der Waals surface area contributed by atoms with E-state index >= 15 is 0 Å². The van der Waals surface area contributed by atoms with Crippen LogP contribution in [0.2, 0.25) is 0 Å². The first-order valence-electron chi connectivity index (χ1n) is 10.0. The van der Waals surface area contributed by atoms with Crippen LogP contribution in [0.25, 0.3) is 49.1 Å². The van der Waals surface area contributed by atoms with E-state index in [2.05, 4.69) is 65.1 Å². The van der Waals surface area contributed by atoms with E-state index in [1.807, 2.05) is 7.05 Å². The lowest BCUT2D eigenvalue weighted by atomic mass is 10.00. The van der Waals surface area contributed by atoms with Crippen LogP contribution < -0.4 is 4.57 Å². The number of hydrogen-bond acceptors (Lipinski definition) is 1. The van der Waals surface area contributed by atoms with Crippen LogP contribution in [-0.2, 0) is 7.05 Å². The van der Waals surface area contributed by atoms with Crippen molar-refractivity contribution in [3.63, 3.8) is 0 Å². The highest BCUT2D eigenvalue weighted by Gasteiger charge is 2.24. The minimum Gasteiger partial charge on any atom is -0.307 e. The Morgan fingerprint density at radius 1 is 0.966 bits per heavy atom. The SMILES string of the molecule is Cc1ccc2c3ccc(C(C)C)cc3n3c4cc(F)cc5nc[n+](C)c(c1c23)c54. The van der Waals surface area contributed by atoms with Crippen molar-refractivity contribution in [2.24, 2.45) is 7.05 Å². The molecular formula is C25H21FN3+. The molecule has 3 aromatic heterocycles. The molecule has 0 amide bonds. The van der Waals surface area contributed by atoms with Crippen LogP contribution in [0.15, 0.2) is 48.8 Å². The Labute approximate surface area is 167 Å². The van der Waals surface area contributed by atoms with Crippen molar-refractivity contribution < 1.29 is 8.96 Å². The van der Waals surface area contributed by atoms with E-state index in [0.29, 0.717) is 11.4 Å². The van der Waals surface area contributed by atoms with E-state index in [9.17, 15) is 4.39 Å². The highest BCUT2D eigenvalue weighted by atomic mass is 19.1. The van der Waals surface area contributed by atoms with Crippen molar-refractivity contribution in [3.05, 3.63) is 65.7 Å². The summed E-state index contributed by atoms with van der Waals surface area (Å²) in [6, 6.07) is 14.3. The Hall–Kier alpha value is -3.27. The third-order valence-electron chi connectivity index (χ3n) is 6.33. The van der Waals surface area contributed by atoms with Gasteiger partial charge in [-0.15, -0.1) is 0 Å². The molecule has 0 atom stereocenters. The lowest BCUT2D eigenvalue weighted by Gasteiger charge is -2.13. The molecule has 0 saturated heterocycles. The average molecular weight is 382 g/mol. The van der Waals surface area contributed by atoms with Gasteiger partial charge in [-0.2, -0.15) is 0 Å². The molecule has 6 aromatic rings. The number of pyridine rings is 1. The Morgan fingerprint density at radius 2 is 1.76 bits per heavy atom. The molecule has 29 heavy (non-hydrogen) atoms. The van der Waals surface area contributed by atoms with E-state index in [1.165, 1.54) is 33.4 Å². The zero-order chi connectivity index (χ0) is 20.0. The van der Waals surface area contributed by atoms with Gasteiger partial charge in [0.2, 0.25) is 0 Å². The van der Waals surface area contributed by atoms with Crippen molar-refractivity contribution in [3.8, 4) is 0 Å². The van der Waals surface area contributed by atoms with Crippen LogP contribution in [0.3, 0.4) is 0 Å². The number of halogens is 1. The minimum atomic E-state index is -0.258. The van der Waals surface area contributed by atoms with Gasteiger partial charge in [0.25, 0.3) is 6.33 Å². The summed E-state index contributed by atoms with van der Waals surface area (Å²) < 4.78 is 18.9. The molecule has 0 saturated carbocycles. The number of aromatic nitrogens is 3. The van der Waals surface area contributed by atoms with Gasteiger partial charge in [-0.3, -0.25) is 0 Å². The topological polar surface area (TPSA) is 21.2 Å². The van der Waals surface area contributed by atoms with Gasteiger partial charge in [0.1, 0.15) is 11.3 Å². The summed E-state index contributed by atoms with van der Waals surface area (Å²) in [5.41, 5.74) is 7.44. The summed E-state index contributed by atoms with van der Waals surface area (Å²) >= 11 is 0. The van der Waals surface area contributed by atoms with Crippen LogP contribution in [0, 0.1) is 12.7 Å². The van der Waals surface area contributed by atoms with Crippen LogP contribution in [0.1, 0.15) is 30.9 Å². The number of aryl methyl sites for hydroxylation is 2. The molecular weight excluding hydrogens is 361 g/mol. The number of nitrogens with zero attached hydrogens (tertiary/aromatic N) is 3. The maximum Gasteiger partial charge on any atom is 0.287 e. The van der Waals surface area contributed by atoms with E-state index in [1.54, 1.807) is 12.4 Å². The Kier molecular flexibility index (Phi) is 3.11. The average Bonchev–Trinajstić information content (AvgIpc) is 3.02. The van der Waals surface area contributed by atoms with Crippen LogP contribution in [0.4, 0.5) is 4.39 Å². The molecule has 142 valence electrons. The molecule has 4 heteroatoms. The summed E-state index contributed by atoms with van der Waals surface area (Å²) in [5.74, 6) is 0.167. The molecule has 0 radical (unpaired) electrons. The van der Waals surface area contributed by atoms with Crippen molar-refractivity contribution in [2.45, 2.75) is 26.7 Å². The van der Waals surface area contributed by atoms with Gasteiger partial charge < -0.3 is 4.40 Å². The van der Waals surface area contributed by atoms with E-state index in [0.717, 1.165) is 27.5 Å². The van der Waals surface area contributed by atoms with Gasteiger partial charge >= 0.3 is 0 Å². The first-order chi connectivity index (χ1) is 14.0. The number of rotatable bonds is 1. The molecule has 0 aliphatic carbocycles. The summed E-state index contributed by atoms with van der Waals surface area (Å²) in [6.45, 7) is 6.56. The molecule has 0 bridgehead atoms. The van der Waals surface area contributed by atoms with Gasteiger partial charge in [0.05, 0.1) is 29.0 Å². The van der Waals surface area contributed by atoms with Crippen LogP contribution >= 0.6 is 0 Å². The highest BCUT2D eigenvalue weighted by Crippen LogP contribution is 2.41. The van der Waals surface area contributed by atoms with E-state index in [4.69, 9.17) is 0 Å². The van der Waals surface area contributed by atoms with Gasteiger partial charge in [0.15, 0.2) is 5.52 Å². The predicted molar refractivity (Wildman–Crippen MR) is 116 cm³/mol. The second-order valence-electron chi connectivity index (χ2n) is 8.44. The lowest BCUT2D eigenvalue weighted by Crippen LogP contribution is -2.30. The Bertz CT molecular complexity index is 1610. The van der Waals surface area contributed by atoms with Crippen LogP contribution in [-0.4, -0.2) is 9.38 Å². The van der Waals surface area contributed by atoms with Gasteiger partial charge in [-0.1, -0.05) is 38.1 Å². The van der Waals surface area contributed by atoms with E-state index in [-0.39, 0.29) is 5.82 Å². The molecule has 0 spiro atoms. The fourth-order valence-corrected chi connectivity index (χ4v) is 4.92. The second-order valence-corrected chi connectivity index (χ2v) is 8.44. The van der Waals surface area contributed by atoms with Crippen molar-refractivity contribution in [2.75, 3.05) is 0 Å². The van der Waals surface area contributed by atoms with Gasteiger partial charge in [-0.25, -0.2) is 8.96 Å². The van der Waals surface area contributed by atoms with Crippen molar-refractivity contribution in [1.82, 2.24) is 9.38 Å². The normalized spacial score (nSPS) is 12.6. The smallest absolute Gasteiger partial charge is 0.287 e. The number of fused-ring (bicyclic) bond motifs is 5. The third-order valence-corrected chi connectivity index (χ3v) is 6.33. The summed E-state index contributed by atoms with van der Waals surface area (Å²) in [6.07, 6.45) is 1.79. The maximum absolute atomic E-state index is 14.6. The second kappa shape index (κ2) is 5.41. The highest BCUT2D eigenvalue weighted by molar-refractivity contribution is 6.25. The fraction of sp³-hybridized carbons (Fsp3) is 0.200. The molecule has 0 N–H and O–H groups in total. The molecule has 3 aromatic carbocycles. The van der Waals surface area contributed by atoms with Gasteiger partial charge in [-0.05, 0) is 41.1 Å². The zero-order valence-corrected chi connectivity index (χ0v) is 16.9. The van der Waals surface area contributed by atoms with E-state index < -0.39 is 0 Å². The molecule has 0 aliphatic heterocycles. The fourth-order valence-electron chi connectivity index (χ4n) is 4.92. The Morgan fingerprint density at radius 3 is 2.55 bits per heavy atom. The monoisotopic (exact) mass is 382 g/mol.